The van der Waals surface area contributed by atoms with Crippen molar-refractivity contribution < 1.29 is 18.3 Å². The van der Waals surface area contributed by atoms with Gasteiger partial charge in [-0.3, -0.25) is 0 Å². The standard InChI is InChI=1S/C10H19F3O/c1-4-9(14,8(2)3)6-5-7-10(11,12)13/h8,14H,4-7H2,1-3H3. The Bertz CT molecular complexity index is 165. The molecule has 0 radical (unpaired) electrons. The molecular formula is C10H19F3O. The summed E-state index contributed by atoms with van der Waals surface area (Å²) in [6.45, 7) is 5.46. The van der Waals surface area contributed by atoms with Gasteiger partial charge >= 0.3 is 6.18 Å². The Balaban J connectivity index is 3.97. The lowest BCUT2D eigenvalue weighted by atomic mass is 9.83. The molecule has 0 saturated heterocycles. The summed E-state index contributed by atoms with van der Waals surface area (Å²) in [6, 6.07) is 0. The number of hydrogen-bond acceptors (Lipinski definition) is 1. The first kappa shape index (κ1) is 13.8. The third-order valence-corrected chi connectivity index (χ3v) is 2.76. The predicted molar refractivity (Wildman–Crippen MR) is 50.0 cm³/mol. The quantitative estimate of drug-likeness (QED) is 0.739. The van der Waals surface area contributed by atoms with Crippen LogP contribution in [0.2, 0.25) is 0 Å². The summed E-state index contributed by atoms with van der Waals surface area (Å²) in [5, 5.41) is 9.93. The molecule has 0 aromatic rings. The van der Waals surface area contributed by atoms with Crippen LogP contribution < -0.4 is 0 Å². The maximum atomic E-state index is 11.9. The summed E-state index contributed by atoms with van der Waals surface area (Å²) < 4.78 is 35.6. The Labute approximate surface area is 83.3 Å². The molecule has 0 aromatic heterocycles. The fraction of sp³-hybridized carbons (Fsp3) is 1.00. The van der Waals surface area contributed by atoms with E-state index in [1.807, 2.05) is 13.8 Å². The Morgan fingerprint density at radius 3 is 1.93 bits per heavy atom. The summed E-state index contributed by atoms with van der Waals surface area (Å²) >= 11 is 0. The van der Waals surface area contributed by atoms with E-state index in [-0.39, 0.29) is 18.8 Å². The van der Waals surface area contributed by atoms with Crippen LogP contribution in [0.3, 0.4) is 0 Å². The zero-order valence-electron chi connectivity index (χ0n) is 8.99. The van der Waals surface area contributed by atoms with Crippen LogP contribution in [0.1, 0.15) is 46.5 Å². The molecule has 0 bridgehead atoms. The van der Waals surface area contributed by atoms with Crippen LogP contribution in [0.5, 0.6) is 0 Å². The lowest BCUT2D eigenvalue weighted by Gasteiger charge is -2.31. The summed E-state index contributed by atoms with van der Waals surface area (Å²) in [5.74, 6) is 0.000679. The van der Waals surface area contributed by atoms with Crippen molar-refractivity contribution in [2.24, 2.45) is 5.92 Å². The van der Waals surface area contributed by atoms with Crippen molar-refractivity contribution in [2.45, 2.75) is 58.2 Å². The van der Waals surface area contributed by atoms with E-state index in [2.05, 4.69) is 0 Å². The highest BCUT2D eigenvalue weighted by Crippen LogP contribution is 2.30. The first-order valence-electron chi connectivity index (χ1n) is 5.00. The van der Waals surface area contributed by atoms with Crippen LogP contribution in [0.15, 0.2) is 0 Å². The molecule has 0 saturated carbocycles. The van der Waals surface area contributed by atoms with Gasteiger partial charge < -0.3 is 5.11 Å². The second-order valence-corrected chi connectivity index (χ2v) is 4.08. The Kier molecular flexibility index (Phi) is 4.92. The van der Waals surface area contributed by atoms with Crippen molar-refractivity contribution >= 4 is 0 Å². The molecule has 1 nitrogen and oxygen atoms in total. The average molecular weight is 212 g/mol. The van der Waals surface area contributed by atoms with Gasteiger partial charge in [-0.2, -0.15) is 13.2 Å². The predicted octanol–water partition coefficient (Wildman–Crippen LogP) is 3.52. The minimum absolute atomic E-state index is 0.000679. The number of halogens is 3. The number of aliphatic hydroxyl groups is 1. The van der Waals surface area contributed by atoms with Crippen molar-refractivity contribution in [3.63, 3.8) is 0 Å². The van der Waals surface area contributed by atoms with Crippen molar-refractivity contribution in [2.75, 3.05) is 0 Å². The van der Waals surface area contributed by atoms with E-state index >= 15 is 0 Å². The minimum atomic E-state index is -4.11. The fourth-order valence-electron chi connectivity index (χ4n) is 1.47. The van der Waals surface area contributed by atoms with E-state index in [1.54, 1.807) is 6.92 Å². The zero-order chi connectivity index (χ0) is 11.4. The molecule has 0 aliphatic heterocycles. The van der Waals surface area contributed by atoms with Gasteiger partial charge in [0.2, 0.25) is 0 Å². The monoisotopic (exact) mass is 212 g/mol. The molecule has 0 heterocycles. The maximum Gasteiger partial charge on any atom is 0.389 e. The minimum Gasteiger partial charge on any atom is -0.390 e. The van der Waals surface area contributed by atoms with Gasteiger partial charge in [0.15, 0.2) is 0 Å². The fourth-order valence-corrected chi connectivity index (χ4v) is 1.47. The lowest BCUT2D eigenvalue weighted by Crippen LogP contribution is -2.34. The van der Waals surface area contributed by atoms with Gasteiger partial charge in [0.05, 0.1) is 5.60 Å². The second kappa shape index (κ2) is 5.01. The molecule has 4 heteroatoms. The molecule has 0 aromatic carbocycles. The van der Waals surface area contributed by atoms with Gasteiger partial charge in [-0.25, -0.2) is 0 Å². The molecule has 86 valence electrons. The third kappa shape index (κ3) is 4.84. The van der Waals surface area contributed by atoms with E-state index < -0.39 is 18.2 Å². The summed E-state index contributed by atoms with van der Waals surface area (Å²) in [7, 11) is 0. The smallest absolute Gasteiger partial charge is 0.389 e. The van der Waals surface area contributed by atoms with E-state index in [9.17, 15) is 18.3 Å². The Hall–Kier alpha value is -0.250. The van der Waals surface area contributed by atoms with Crippen molar-refractivity contribution in [3.05, 3.63) is 0 Å². The van der Waals surface area contributed by atoms with Gasteiger partial charge in [0, 0.05) is 6.42 Å². The molecule has 0 aliphatic carbocycles. The van der Waals surface area contributed by atoms with Crippen molar-refractivity contribution in [1.29, 1.82) is 0 Å². The lowest BCUT2D eigenvalue weighted by molar-refractivity contribution is -0.139. The van der Waals surface area contributed by atoms with E-state index in [1.165, 1.54) is 0 Å². The largest absolute Gasteiger partial charge is 0.390 e. The van der Waals surface area contributed by atoms with Crippen LogP contribution in [0, 0.1) is 5.92 Å². The highest BCUT2D eigenvalue weighted by molar-refractivity contribution is 4.80. The summed E-state index contributed by atoms with van der Waals surface area (Å²) in [4.78, 5) is 0. The first-order chi connectivity index (χ1) is 6.21. The van der Waals surface area contributed by atoms with Crippen molar-refractivity contribution in [3.8, 4) is 0 Å². The molecule has 0 fully saturated rings. The maximum absolute atomic E-state index is 11.9. The topological polar surface area (TPSA) is 20.2 Å². The highest BCUT2D eigenvalue weighted by atomic mass is 19.4. The Morgan fingerprint density at radius 1 is 1.14 bits per heavy atom. The van der Waals surface area contributed by atoms with Gasteiger partial charge in [0.25, 0.3) is 0 Å². The number of hydrogen-bond donors (Lipinski definition) is 1. The van der Waals surface area contributed by atoms with Gasteiger partial charge in [-0.15, -0.1) is 0 Å². The van der Waals surface area contributed by atoms with Gasteiger partial charge in [0.1, 0.15) is 0 Å². The van der Waals surface area contributed by atoms with Crippen LogP contribution in [-0.4, -0.2) is 16.9 Å². The number of alkyl halides is 3. The van der Waals surface area contributed by atoms with Crippen LogP contribution in [0.25, 0.3) is 0 Å². The molecular weight excluding hydrogens is 193 g/mol. The molecule has 0 spiro atoms. The molecule has 0 aliphatic rings. The van der Waals surface area contributed by atoms with Crippen LogP contribution in [0.4, 0.5) is 13.2 Å². The molecule has 0 rings (SSSR count). The van der Waals surface area contributed by atoms with Gasteiger partial charge in [-0.1, -0.05) is 20.8 Å². The first-order valence-corrected chi connectivity index (χ1v) is 5.00. The number of rotatable bonds is 5. The molecule has 1 unspecified atom stereocenters. The zero-order valence-corrected chi connectivity index (χ0v) is 8.99. The molecule has 1 N–H and O–H groups in total. The van der Waals surface area contributed by atoms with Crippen molar-refractivity contribution in [1.82, 2.24) is 0 Å². The third-order valence-electron chi connectivity index (χ3n) is 2.76. The summed E-state index contributed by atoms with van der Waals surface area (Å²) in [6.07, 6.45) is -4.18. The normalized spacial score (nSPS) is 17.1. The van der Waals surface area contributed by atoms with E-state index in [0.717, 1.165) is 0 Å². The van der Waals surface area contributed by atoms with Crippen LogP contribution in [-0.2, 0) is 0 Å². The molecule has 0 amide bonds. The van der Waals surface area contributed by atoms with Gasteiger partial charge in [-0.05, 0) is 25.2 Å². The average Bonchev–Trinajstić information content (AvgIpc) is 2.01. The highest BCUT2D eigenvalue weighted by Gasteiger charge is 2.32. The summed E-state index contributed by atoms with van der Waals surface area (Å²) in [5.41, 5.74) is -0.939. The Morgan fingerprint density at radius 2 is 1.64 bits per heavy atom. The second-order valence-electron chi connectivity index (χ2n) is 4.08. The van der Waals surface area contributed by atoms with Crippen LogP contribution >= 0.6 is 0 Å². The SMILES string of the molecule is CCC(O)(CCCC(F)(F)F)C(C)C. The van der Waals surface area contributed by atoms with E-state index in [4.69, 9.17) is 0 Å². The molecule has 1 atom stereocenters. The van der Waals surface area contributed by atoms with E-state index in [0.29, 0.717) is 6.42 Å². The molecule has 14 heavy (non-hydrogen) atoms.